The quantitative estimate of drug-likeness (QED) is 0.113. The van der Waals surface area contributed by atoms with Crippen molar-refractivity contribution in [1.82, 2.24) is 18.3 Å². The molecule has 0 aliphatic heterocycles. The molecule has 6 heteroatoms. The van der Waals surface area contributed by atoms with Crippen LogP contribution in [0.5, 0.6) is 0 Å². The molecule has 0 saturated carbocycles. The first-order valence-corrected chi connectivity index (χ1v) is 37.2. The molecule has 508 valence electrons. The van der Waals surface area contributed by atoms with Crippen LogP contribution in [0.1, 0.15) is 11.1 Å². The summed E-state index contributed by atoms with van der Waals surface area (Å²) >= 11 is 3.66. The molecule has 0 bridgehead atoms. The molecule has 4 heterocycles. The van der Waals surface area contributed by atoms with Crippen LogP contribution >= 0.6 is 15.9 Å². The van der Waals surface area contributed by atoms with Crippen molar-refractivity contribution < 1.29 is 0 Å². The van der Waals surface area contributed by atoms with Crippen molar-refractivity contribution in [2.24, 2.45) is 0 Å². The minimum atomic E-state index is 0.962. The highest BCUT2D eigenvalue weighted by atomic mass is 79.9. The third-order valence-electron chi connectivity index (χ3n) is 20.5. The third kappa shape index (κ3) is 13.1. The van der Waals surface area contributed by atoms with Crippen LogP contribution < -0.4 is 4.90 Å². The first kappa shape index (κ1) is 65.5. The molecule has 20 rings (SSSR count). The first-order valence-electron chi connectivity index (χ1n) is 36.4. The Hall–Kier alpha value is -13.5. The standard InChI is InChI=1S/C50H35N3.C26H17BrN2.C25H20/c1-5-13-36(14-6-1)38-21-26-43(27-22-38)52(44-28-23-39(24-29-44)37-15-7-2-8-16-37)45-30-32-48-47(35-45)46-31-25-40-33-34-51(41-17-9-3-10-18-41)49(40)50(46)53(48)42-19-11-4-12-20-42;27-19-12-14-24-23(17-19)22-13-11-18-15-16-28(20-7-3-1-4-8-20)25(18)26(22)29(24)21-9-5-2-6-10-21;1-3-7-22(8-4-1)24-15-11-20(12-16-24)19-21-13-17-25(18-14-21)23-9-5-2-6-10-23/h1-35H;1-17H;1-18H,19H2. The van der Waals surface area contributed by atoms with Crippen molar-refractivity contribution in [2.75, 3.05) is 4.90 Å². The van der Waals surface area contributed by atoms with Crippen LogP contribution in [0, 0.1) is 0 Å². The number of rotatable bonds is 13. The molecule has 0 radical (unpaired) electrons. The summed E-state index contributed by atoms with van der Waals surface area (Å²) in [5.41, 5.74) is 27.7. The molecule has 20 aromatic rings. The molecule has 0 unspecified atom stereocenters. The summed E-state index contributed by atoms with van der Waals surface area (Å²) in [6.07, 6.45) is 5.32. The molecule has 0 saturated heterocycles. The van der Waals surface area contributed by atoms with E-state index >= 15 is 0 Å². The number of fused-ring (bicyclic) bond motifs is 10. The van der Waals surface area contributed by atoms with Crippen LogP contribution in [0.4, 0.5) is 17.1 Å². The van der Waals surface area contributed by atoms with Crippen LogP contribution in [0.2, 0.25) is 0 Å². The number of para-hydroxylation sites is 4. The van der Waals surface area contributed by atoms with Crippen LogP contribution in [0.25, 0.3) is 133 Å². The minimum absolute atomic E-state index is 0.962. The van der Waals surface area contributed by atoms with Gasteiger partial charge in [-0.2, -0.15) is 0 Å². The molecule has 5 nitrogen and oxygen atoms in total. The Morgan fingerprint density at radius 3 is 0.888 bits per heavy atom. The summed E-state index contributed by atoms with van der Waals surface area (Å²) < 4.78 is 10.5. The minimum Gasteiger partial charge on any atom is -0.315 e. The van der Waals surface area contributed by atoms with E-state index in [2.05, 4.69) is 464 Å². The Labute approximate surface area is 631 Å². The van der Waals surface area contributed by atoms with E-state index in [0.717, 1.165) is 39.3 Å². The second-order valence-electron chi connectivity index (χ2n) is 27.0. The lowest BCUT2D eigenvalue weighted by atomic mass is 9.98. The average molecular weight is 1440 g/mol. The SMILES string of the molecule is Brc1ccc2c(c1)c1ccc3ccn(-c4ccccc4)c3c1n2-c1ccccc1.c1ccc(-c2ccc(Cc3ccc(-c4ccccc4)cc3)cc2)cc1.c1ccc(-c2ccc(N(c3ccc(-c4ccccc4)cc3)c3ccc4c(c3)c3ccc5ccn(-c6ccccc6)c5c3n4-c3ccccc3)cc2)cc1. The number of halogens is 1. The molecule has 4 aromatic heterocycles. The van der Waals surface area contributed by atoms with Crippen LogP contribution in [-0.4, -0.2) is 18.3 Å². The monoisotopic (exact) mass is 1430 g/mol. The van der Waals surface area contributed by atoms with E-state index in [0.29, 0.717) is 0 Å². The zero-order valence-corrected chi connectivity index (χ0v) is 60.3. The second kappa shape index (κ2) is 29.3. The Morgan fingerprint density at radius 2 is 0.523 bits per heavy atom. The van der Waals surface area contributed by atoms with E-state index in [9.17, 15) is 0 Å². The molecule has 0 fully saturated rings. The van der Waals surface area contributed by atoms with Gasteiger partial charge >= 0.3 is 0 Å². The number of anilines is 3. The average Bonchev–Trinajstić information content (AvgIpc) is 1.56. The first-order chi connectivity index (χ1) is 53.0. The van der Waals surface area contributed by atoms with Gasteiger partial charge in [0.1, 0.15) is 0 Å². The van der Waals surface area contributed by atoms with Crippen molar-refractivity contribution in [2.45, 2.75) is 6.42 Å². The van der Waals surface area contributed by atoms with Crippen molar-refractivity contribution in [3.05, 3.63) is 441 Å². The smallest absolute Gasteiger partial charge is 0.0788 e. The number of aromatic nitrogens is 4. The number of benzene rings is 16. The molecule has 0 aliphatic carbocycles. The zero-order valence-electron chi connectivity index (χ0n) is 58.7. The highest BCUT2D eigenvalue weighted by Gasteiger charge is 2.23. The van der Waals surface area contributed by atoms with Gasteiger partial charge in [0.15, 0.2) is 0 Å². The molecule has 0 aliphatic rings. The Kier molecular flexibility index (Phi) is 17.9. The second-order valence-corrected chi connectivity index (χ2v) is 27.9. The largest absolute Gasteiger partial charge is 0.315 e. The van der Waals surface area contributed by atoms with Gasteiger partial charge in [0.2, 0.25) is 0 Å². The summed E-state index contributed by atoms with van der Waals surface area (Å²) in [7, 11) is 0. The van der Waals surface area contributed by atoms with E-state index in [1.165, 1.54) is 132 Å². The fraction of sp³-hybridized carbons (Fsp3) is 0.00990. The fourth-order valence-electron chi connectivity index (χ4n) is 15.3. The topological polar surface area (TPSA) is 23.0 Å². The maximum Gasteiger partial charge on any atom is 0.0788 e. The van der Waals surface area contributed by atoms with E-state index in [1.807, 2.05) is 0 Å². The number of hydrogen-bond donors (Lipinski definition) is 0. The highest BCUT2D eigenvalue weighted by Crippen LogP contribution is 2.44. The van der Waals surface area contributed by atoms with E-state index in [4.69, 9.17) is 0 Å². The number of hydrogen-bond acceptors (Lipinski definition) is 1. The van der Waals surface area contributed by atoms with Gasteiger partial charge < -0.3 is 23.2 Å². The van der Waals surface area contributed by atoms with Gasteiger partial charge in [-0.25, -0.2) is 0 Å². The lowest BCUT2D eigenvalue weighted by molar-refractivity contribution is 1.12. The van der Waals surface area contributed by atoms with Gasteiger partial charge in [-0.3, -0.25) is 0 Å². The van der Waals surface area contributed by atoms with Crippen LogP contribution in [0.15, 0.2) is 429 Å². The van der Waals surface area contributed by atoms with Gasteiger partial charge in [0, 0.05) is 89.0 Å². The van der Waals surface area contributed by atoms with Crippen molar-refractivity contribution in [3.63, 3.8) is 0 Å². The summed E-state index contributed by atoms with van der Waals surface area (Å²) in [4.78, 5) is 2.37. The fourth-order valence-corrected chi connectivity index (χ4v) is 15.6. The maximum atomic E-state index is 3.66. The van der Waals surface area contributed by atoms with Crippen LogP contribution in [0.3, 0.4) is 0 Å². The van der Waals surface area contributed by atoms with Crippen molar-refractivity contribution >= 4 is 98.4 Å². The Morgan fingerprint density at radius 1 is 0.224 bits per heavy atom. The molecule has 0 atom stereocenters. The Bertz CT molecular complexity index is 6270. The number of nitrogens with zero attached hydrogens (tertiary/aromatic N) is 5. The van der Waals surface area contributed by atoms with Crippen LogP contribution in [-0.2, 0) is 6.42 Å². The summed E-state index contributed by atoms with van der Waals surface area (Å²) in [5, 5.41) is 7.37. The van der Waals surface area contributed by atoms with Gasteiger partial charge in [0.25, 0.3) is 0 Å². The third-order valence-corrected chi connectivity index (χ3v) is 20.9. The van der Waals surface area contributed by atoms with Gasteiger partial charge in [0.05, 0.1) is 33.1 Å². The molecule has 0 N–H and O–H groups in total. The zero-order chi connectivity index (χ0) is 71.4. The van der Waals surface area contributed by atoms with Gasteiger partial charge in [-0.15, -0.1) is 0 Å². The molecule has 16 aromatic carbocycles. The molecular weight excluding hydrogens is 1360 g/mol. The van der Waals surface area contributed by atoms with Gasteiger partial charge in [-0.1, -0.05) is 307 Å². The maximum absolute atomic E-state index is 3.66. The summed E-state index contributed by atoms with van der Waals surface area (Å²) in [5.74, 6) is 0. The van der Waals surface area contributed by atoms with E-state index < -0.39 is 0 Å². The molecule has 107 heavy (non-hydrogen) atoms. The van der Waals surface area contributed by atoms with Crippen molar-refractivity contribution in [1.29, 1.82) is 0 Å². The molecular formula is C101H72BrN5. The van der Waals surface area contributed by atoms with E-state index in [1.54, 1.807) is 0 Å². The predicted octanol–water partition coefficient (Wildman–Crippen LogP) is 27.6. The normalized spacial score (nSPS) is 11.3. The predicted molar refractivity (Wildman–Crippen MR) is 455 cm³/mol. The summed E-state index contributed by atoms with van der Waals surface area (Å²) in [6, 6.07) is 147. The van der Waals surface area contributed by atoms with Crippen molar-refractivity contribution in [3.8, 4) is 67.3 Å². The molecule has 0 amide bonds. The van der Waals surface area contributed by atoms with Gasteiger partial charge in [-0.05, 0) is 183 Å². The van der Waals surface area contributed by atoms with E-state index in [-0.39, 0.29) is 0 Å². The molecule has 0 spiro atoms. The highest BCUT2D eigenvalue weighted by molar-refractivity contribution is 9.10. The lowest BCUT2D eigenvalue weighted by Gasteiger charge is -2.26. The summed E-state index contributed by atoms with van der Waals surface area (Å²) in [6.45, 7) is 0. The Balaban J connectivity index is 0.000000126. The lowest BCUT2D eigenvalue weighted by Crippen LogP contribution is -2.10.